The van der Waals surface area contributed by atoms with Gasteiger partial charge in [-0.15, -0.1) is 11.3 Å². The van der Waals surface area contributed by atoms with Crippen LogP contribution < -0.4 is 15.8 Å². The topological polar surface area (TPSA) is 80.5 Å². The smallest absolute Gasteiger partial charge is 0.251 e. The zero-order chi connectivity index (χ0) is 27.2. The van der Waals surface area contributed by atoms with Crippen molar-refractivity contribution in [3.8, 4) is 16.9 Å². The van der Waals surface area contributed by atoms with E-state index < -0.39 is 0 Å². The van der Waals surface area contributed by atoms with Gasteiger partial charge in [-0.1, -0.05) is 31.2 Å². The molecule has 2 aliphatic carbocycles. The first-order chi connectivity index (χ1) is 19.0. The number of nitrogens with one attached hydrogen (secondary N) is 1. The molecule has 6 nitrogen and oxygen atoms in total. The average Bonchev–Trinajstić information content (AvgIpc) is 3.35. The van der Waals surface area contributed by atoms with E-state index in [1.807, 2.05) is 42.5 Å². The van der Waals surface area contributed by atoms with Gasteiger partial charge in [0.1, 0.15) is 5.75 Å². The van der Waals surface area contributed by atoms with Crippen LogP contribution in [0.1, 0.15) is 72.8 Å². The lowest BCUT2D eigenvalue weighted by atomic mass is 9.83. The van der Waals surface area contributed by atoms with Crippen LogP contribution in [-0.4, -0.2) is 48.1 Å². The summed E-state index contributed by atoms with van der Waals surface area (Å²) in [5.41, 5.74) is 10.1. The number of nitrogens with two attached hydrogens (primary N) is 1. The molecule has 1 unspecified atom stereocenters. The third kappa shape index (κ3) is 7.00. The molecule has 0 aliphatic heterocycles. The number of hydrogen-bond acceptors (Lipinski definition) is 6. The van der Waals surface area contributed by atoms with E-state index in [-0.39, 0.29) is 11.9 Å². The summed E-state index contributed by atoms with van der Waals surface area (Å²) in [6, 6.07) is 16.7. The minimum Gasteiger partial charge on any atom is -0.497 e. The molecule has 0 bridgehead atoms. The van der Waals surface area contributed by atoms with Crippen molar-refractivity contribution < 1.29 is 9.53 Å². The van der Waals surface area contributed by atoms with Crippen LogP contribution in [0.3, 0.4) is 0 Å². The number of methoxy groups -OCH3 is 1. The minimum absolute atomic E-state index is 0.0325. The highest BCUT2D eigenvalue weighted by Gasteiger charge is 2.28. The number of fused-ring (bicyclic) bond motifs is 1. The molecule has 1 saturated carbocycles. The van der Waals surface area contributed by atoms with E-state index in [0.29, 0.717) is 6.04 Å². The van der Waals surface area contributed by atoms with Crippen molar-refractivity contribution >= 4 is 22.4 Å². The van der Waals surface area contributed by atoms with Crippen LogP contribution >= 0.6 is 11.3 Å². The maximum atomic E-state index is 12.9. The molecule has 7 heteroatoms. The van der Waals surface area contributed by atoms with E-state index in [0.717, 1.165) is 65.7 Å². The van der Waals surface area contributed by atoms with Gasteiger partial charge < -0.3 is 20.7 Å². The van der Waals surface area contributed by atoms with E-state index in [1.165, 1.54) is 49.2 Å². The van der Waals surface area contributed by atoms with Gasteiger partial charge in [-0.05, 0) is 112 Å². The molecule has 0 saturated heterocycles. The summed E-state index contributed by atoms with van der Waals surface area (Å²) in [5, 5.41) is 4.02. The van der Waals surface area contributed by atoms with Crippen LogP contribution in [0.25, 0.3) is 11.1 Å². The summed E-state index contributed by atoms with van der Waals surface area (Å²) in [6.45, 7) is 4.62. The highest BCUT2D eigenvalue weighted by atomic mass is 32.1. The molecule has 1 atom stereocenters. The quantitative estimate of drug-likeness (QED) is 0.310. The van der Waals surface area contributed by atoms with E-state index in [1.54, 1.807) is 18.4 Å². The third-order valence-corrected chi connectivity index (χ3v) is 9.46. The number of rotatable bonds is 10. The normalized spacial score (nSPS) is 20.9. The van der Waals surface area contributed by atoms with Crippen molar-refractivity contribution in [3.05, 3.63) is 64.7 Å². The summed E-state index contributed by atoms with van der Waals surface area (Å²) >= 11 is 1.68. The monoisotopic (exact) mass is 546 g/mol. The first kappa shape index (κ1) is 27.7. The Balaban J connectivity index is 1.07. The predicted octanol–water partition coefficient (Wildman–Crippen LogP) is 6.35. The third-order valence-electron chi connectivity index (χ3n) is 8.51. The zero-order valence-electron chi connectivity index (χ0n) is 23.3. The number of thiazole rings is 1. The average molecular weight is 547 g/mol. The number of carbonyl (C=O) groups is 1. The highest BCUT2D eigenvalue weighted by Crippen LogP contribution is 2.32. The number of ether oxygens (including phenoxy) is 1. The summed E-state index contributed by atoms with van der Waals surface area (Å²) < 4.78 is 5.34. The number of aryl methyl sites for hydroxylation is 1. The van der Waals surface area contributed by atoms with Crippen LogP contribution in [0.4, 0.5) is 5.13 Å². The summed E-state index contributed by atoms with van der Waals surface area (Å²) in [6.07, 6.45) is 10.3. The Morgan fingerprint density at radius 3 is 2.62 bits per heavy atom. The summed E-state index contributed by atoms with van der Waals surface area (Å²) in [5.74, 6) is 1.61. The van der Waals surface area contributed by atoms with Crippen molar-refractivity contribution in [2.75, 3.05) is 25.9 Å². The number of amides is 1. The molecule has 3 N–H and O–H groups in total. The molecule has 208 valence electrons. The van der Waals surface area contributed by atoms with Gasteiger partial charge >= 0.3 is 0 Å². The molecule has 2 aliphatic rings. The van der Waals surface area contributed by atoms with Gasteiger partial charge in [0, 0.05) is 22.5 Å². The molecular weight excluding hydrogens is 504 g/mol. The Morgan fingerprint density at radius 2 is 1.87 bits per heavy atom. The van der Waals surface area contributed by atoms with Gasteiger partial charge in [-0.3, -0.25) is 4.79 Å². The van der Waals surface area contributed by atoms with Gasteiger partial charge in [-0.25, -0.2) is 4.98 Å². The highest BCUT2D eigenvalue weighted by molar-refractivity contribution is 7.15. The molecule has 0 spiro atoms. The van der Waals surface area contributed by atoms with Crippen molar-refractivity contribution in [2.45, 2.75) is 76.8 Å². The lowest BCUT2D eigenvalue weighted by Gasteiger charge is -2.36. The standard InChI is InChI=1S/C32H42N4O2S/c1-3-18-36(27-15-16-29-30(21-27)39-32(33)35-29)19-17-22-7-13-26(14-8-22)34-31(37)24-11-9-23(10-12-24)25-5-4-6-28(20-25)38-2/h4-6,9-12,20,22,26-27H,3,7-8,13-19,21H2,1-2H3,(H2,33,35)(H,34,37). The van der Waals surface area contributed by atoms with E-state index in [4.69, 9.17) is 10.5 Å². The molecule has 1 fully saturated rings. The molecule has 1 aromatic heterocycles. The lowest BCUT2D eigenvalue weighted by molar-refractivity contribution is 0.0918. The maximum Gasteiger partial charge on any atom is 0.251 e. The van der Waals surface area contributed by atoms with E-state index in [9.17, 15) is 4.79 Å². The van der Waals surface area contributed by atoms with Crippen molar-refractivity contribution in [2.24, 2.45) is 5.92 Å². The van der Waals surface area contributed by atoms with Crippen LogP contribution in [0.2, 0.25) is 0 Å². The lowest BCUT2D eigenvalue weighted by Crippen LogP contribution is -2.41. The van der Waals surface area contributed by atoms with Gasteiger partial charge in [-0.2, -0.15) is 0 Å². The minimum atomic E-state index is 0.0325. The molecule has 1 heterocycles. The fourth-order valence-corrected chi connectivity index (χ4v) is 7.23. The number of carbonyl (C=O) groups excluding carboxylic acids is 1. The second kappa shape index (κ2) is 13.0. The van der Waals surface area contributed by atoms with Crippen molar-refractivity contribution in [1.82, 2.24) is 15.2 Å². The molecule has 1 amide bonds. The zero-order valence-corrected chi connectivity index (χ0v) is 24.1. The van der Waals surface area contributed by atoms with E-state index >= 15 is 0 Å². The molecular formula is C32H42N4O2S. The first-order valence-corrected chi connectivity index (χ1v) is 15.4. The van der Waals surface area contributed by atoms with Gasteiger partial charge in [0.2, 0.25) is 0 Å². The van der Waals surface area contributed by atoms with Gasteiger partial charge in [0.05, 0.1) is 12.8 Å². The maximum absolute atomic E-state index is 12.9. The van der Waals surface area contributed by atoms with E-state index in [2.05, 4.69) is 28.2 Å². The predicted molar refractivity (Wildman–Crippen MR) is 160 cm³/mol. The number of anilines is 1. The van der Waals surface area contributed by atoms with Gasteiger partial charge in [0.15, 0.2) is 5.13 Å². The Bertz CT molecular complexity index is 1230. The second-order valence-corrected chi connectivity index (χ2v) is 12.3. The summed E-state index contributed by atoms with van der Waals surface area (Å²) in [4.78, 5) is 21.6. The molecule has 39 heavy (non-hydrogen) atoms. The molecule has 3 aromatic rings. The Hall–Kier alpha value is -2.90. The largest absolute Gasteiger partial charge is 0.497 e. The SMILES string of the molecule is CCCN(CCC1CCC(NC(=O)c2ccc(-c3cccc(OC)c3)cc2)CC1)C1CCc2nc(N)sc2C1. The Kier molecular flexibility index (Phi) is 9.20. The van der Waals surface area contributed by atoms with Crippen molar-refractivity contribution in [1.29, 1.82) is 0 Å². The molecule has 2 aromatic carbocycles. The van der Waals surface area contributed by atoms with Crippen molar-refractivity contribution in [3.63, 3.8) is 0 Å². The van der Waals surface area contributed by atoms with Crippen LogP contribution in [0.15, 0.2) is 48.5 Å². The first-order valence-electron chi connectivity index (χ1n) is 14.6. The van der Waals surface area contributed by atoms with Crippen LogP contribution in [0, 0.1) is 5.92 Å². The van der Waals surface area contributed by atoms with Crippen LogP contribution in [-0.2, 0) is 12.8 Å². The number of nitrogen functional groups attached to an aromatic ring is 1. The number of hydrogen-bond donors (Lipinski definition) is 2. The summed E-state index contributed by atoms with van der Waals surface area (Å²) in [7, 11) is 1.67. The number of nitrogens with zero attached hydrogens (tertiary/aromatic N) is 2. The molecule has 5 rings (SSSR count). The fraction of sp³-hybridized carbons (Fsp3) is 0.500. The van der Waals surface area contributed by atoms with Gasteiger partial charge in [0.25, 0.3) is 5.91 Å². The Labute approximate surface area is 237 Å². The van der Waals surface area contributed by atoms with Crippen LogP contribution in [0.5, 0.6) is 5.75 Å². The Morgan fingerprint density at radius 1 is 1.08 bits per heavy atom. The fourth-order valence-electron chi connectivity index (χ4n) is 6.28. The number of benzene rings is 2. The second-order valence-electron chi connectivity index (χ2n) is 11.1. The number of aromatic nitrogens is 1. The molecule has 0 radical (unpaired) electrons.